The Morgan fingerprint density at radius 1 is 1.10 bits per heavy atom. The van der Waals surface area contributed by atoms with E-state index in [0.29, 0.717) is 28.3 Å². The van der Waals surface area contributed by atoms with Gasteiger partial charge in [0.25, 0.3) is 0 Å². The molecule has 0 radical (unpaired) electrons. The van der Waals surface area contributed by atoms with Gasteiger partial charge in [0.2, 0.25) is 0 Å². The van der Waals surface area contributed by atoms with E-state index in [1.165, 1.54) is 36.4 Å². The molecular weight excluding hydrogens is 284 g/mol. The van der Waals surface area contributed by atoms with Gasteiger partial charge in [0.05, 0.1) is 6.04 Å². The summed E-state index contributed by atoms with van der Waals surface area (Å²) in [5, 5.41) is 0.418. The summed E-state index contributed by atoms with van der Waals surface area (Å²) in [5.41, 5.74) is 9.85. The third kappa shape index (κ3) is 3.25. The minimum Gasteiger partial charge on any atom is -0.398 e. The van der Waals surface area contributed by atoms with Gasteiger partial charge in [-0.1, -0.05) is 11.6 Å². The standard InChI is InChI=1S/C14H14ClF2N3/c15-12-3-1-9(16)5-8(12)6-14(20-19)11-7-10(17)2-4-13(11)18/h1-5,7,14,20H,6,18-19H2. The Kier molecular flexibility index (Phi) is 4.54. The number of benzene rings is 2. The van der Waals surface area contributed by atoms with Crippen molar-refractivity contribution in [3.05, 3.63) is 64.2 Å². The molecule has 106 valence electrons. The normalized spacial score (nSPS) is 12.4. The van der Waals surface area contributed by atoms with Crippen LogP contribution in [-0.2, 0) is 6.42 Å². The van der Waals surface area contributed by atoms with Crippen molar-refractivity contribution in [2.45, 2.75) is 12.5 Å². The molecule has 1 unspecified atom stereocenters. The van der Waals surface area contributed by atoms with Gasteiger partial charge in [0.1, 0.15) is 11.6 Å². The Labute approximate surface area is 120 Å². The Morgan fingerprint density at radius 3 is 2.45 bits per heavy atom. The van der Waals surface area contributed by atoms with Crippen molar-refractivity contribution in [1.29, 1.82) is 0 Å². The molecule has 2 aromatic rings. The Bertz CT molecular complexity index is 619. The van der Waals surface area contributed by atoms with E-state index in [-0.39, 0.29) is 0 Å². The summed E-state index contributed by atoms with van der Waals surface area (Å²) in [4.78, 5) is 0. The summed E-state index contributed by atoms with van der Waals surface area (Å²) in [6.45, 7) is 0. The average Bonchev–Trinajstić information content (AvgIpc) is 2.42. The molecule has 2 aromatic carbocycles. The molecule has 6 heteroatoms. The minimum absolute atomic E-state index is 0.292. The quantitative estimate of drug-likeness (QED) is 0.462. The van der Waals surface area contributed by atoms with Crippen molar-refractivity contribution in [3.63, 3.8) is 0 Å². The summed E-state index contributed by atoms with van der Waals surface area (Å²) < 4.78 is 26.6. The molecule has 0 amide bonds. The second-order valence-corrected chi connectivity index (χ2v) is 4.84. The third-order valence-corrected chi connectivity index (χ3v) is 3.43. The van der Waals surface area contributed by atoms with Crippen LogP contribution in [0.4, 0.5) is 14.5 Å². The minimum atomic E-state index is -0.468. The maximum absolute atomic E-state index is 13.3. The lowest BCUT2D eigenvalue weighted by Crippen LogP contribution is -2.30. The maximum Gasteiger partial charge on any atom is 0.123 e. The first-order chi connectivity index (χ1) is 9.51. The van der Waals surface area contributed by atoms with Crippen LogP contribution in [0.15, 0.2) is 36.4 Å². The van der Waals surface area contributed by atoms with Crippen LogP contribution in [0.5, 0.6) is 0 Å². The van der Waals surface area contributed by atoms with E-state index in [4.69, 9.17) is 23.2 Å². The van der Waals surface area contributed by atoms with E-state index in [1.54, 1.807) is 0 Å². The van der Waals surface area contributed by atoms with Gasteiger partial charge >= 0.3 is 0 Å². The molecule has 3 nitrogen and oxygen atoms in total. The molecule has 0 aliphatic rings. The predicted octanol–water partition coefficient (Wildman–Crippen LogP) is 2.95. The molecule has 0 aliphatic carbocycles. The van der Waals surface area contributed by atoms with Gasteiger partial charge in [-0.3, -0.25) is 11.3 Å². The van der Waals surface area contributed by atoms with E-state index in [9.17, 15) is 8.78 Å². The summed E-state index contributed by atoms with van der Waals surface area (Å²) in [6, 6.07) is 7.62. The fourth-order valence-electron chi connectivity index (χ4n) is 2.03. The first-order valence-electron chi connectivity index (χ1n) is 5.96. The predicted molar refractivity (Wildman–Crippen MR) is 76.0 cm³/mol. The topological polar surface area (TPSA) is 64.1 Å². The molecule has 0 saturated carbocycles. The van der Waals surface area contributed by atoms with Gasteiger partial charge in [-0.05, 0) is 53.9 Å². The highest BCUT2D eigenvalue weighted by Crippen LogP contribution is 2.27. The van der Waals surface area contributed by atoms with Crippen molar-refractivity contribution in [2.24, 2.45) is 5.84 Å². The summed E-state index contributed by atoms with van der Waals surface area (Å²) >= 11 is 6.02. The Balaban J connectivity index is 2.33. The van der Waals surface area contributed by atoms with Crippen molar-refractivity contribution < 1.29 is 8.78 Å². The fourth-order valence-corrected chi connectivity index (χ4v) is 2.22. The van der Waals surface area contributed by atoms with Crippen LogP contribution < -0.4 is 17.0 Å². The number of rotatable bonds is 4. The van der Waals surface area contributed by atoms with Crippen molar-refractivity contribution in [2.75, 3.05) is 5.73 Å². The Morgan fingerprint density at radius 2 is 1.75 bits per heavy atom. The van der Waals surface area contributed by atoms with Crippen LogP contribution in [0.25, 0.3) is 0 Å². The summed E-state index contributed by atoms with van der Waals surface area (Å²) in [7, 11) is 0. The average molecular weight is 298 g/mol. The molecule has 0 saturated heterocycles. The van der Waals surface area contributed by atoms with Gasteiger partial charge in [-0.25, -0.2) is 8.78 Å². The van der Waals surface area contributed by atoms with Gasteiger partial charge in [-0.2, -0.15) is 0 Å². The molecule has 0 fully saturated rings. The highest BCUT2D eigenvalue weighted by molar-refractivity contribution is 6.31. The highest BCUT2D eigenvalue weighted by Gasteiger charge is 2.16. The van der Waals surface area contributed by atoms with Crippen LogP contribution in [0.1, 0.15) is 17.2 Å². The molecule has 0 bridgehead atoms. The number of hydrogen-bond donors (Lipinski definition) is 3. The number of anilines is 1. The molecule has 0 spiro atoms. The monoisotopic (exact) mass is 297 g/mol. The molecule has 20 heavy (non-hydrogen) atoms. The lowest BCUT2D eigenvalue weighted by Gasteiger charge is -2.19. The molecule has 0 heterocycles. The molecule has 5 N–H and O–H groups in total. The van der Waals surface area contributed by atoms with Crippen LogP contribution in [0.2, 0.25) is 5.02 Å². The van der Waals surface area contributed by atoms with Crippen molar-refractivity contribution >= 4 is 17.3 Å². The fraction of sp³-hybridized carbons (Fsp3) is 0.143. The highest BCUT2D eigenvalue weighted by atomic mass is 35.5. The van der Waals surface area contributed by atoms with Crippen LogP contribution in [0, 0.1) is 11.6 Å². The number of nitrogens with one attached hydrogen (secondary N) is 1. The summed E-state index contributed by atoms with van der Waals surface area (Å²) in [6.07, 6.45) is 0.292. The molecule has 1 atom stereocenters. The smallest absolute Gasteiger partial charge is 0.123 e. The number of halogens is 3. The van der Waals surface area contributed by atoms with Crippen LogP contribution in [0.3, 0.4) is 0 Å². The van der Waals surface area contributed by atoms with Gasteiger partial charge in [0.15, 0.2) is 0 Å². The molecule has 0 aliphatic heterocycles. The molecule has 0 aromatic heterocycles. The largest absolute Gasteiger partial charge is 0.398 e. The lowest BCUT2D eigenvalue weighted by atomic mass is 9.98. The zero-order valence-corrected chi connectivity index (χ0v) is 11.3. The second kappa shape index (κ2) is 6.17. The van der Waals surface area contributed by atoms with E-state index >= 15 is 0 Å². The van der Waals surface area contributed by atoms with Gasteiger partial charge in [-0.15, -0.1) is 0 Å². The van der Waals surface area contributed by atoms with Crippen molar-refractivity contribution in [1.82, 2.24) is 5.43 Å². The maximum atomic E-state index is 13.3. The second-order valence-electron chi connectivity index (χ2n) is 4.43. The summed E-state index contributed by atoms with van der Waals surface area (Å²) in [5.74, 6) is 4.68. The zero-order chi connectivity index (χ0) is 14.7. The number of nitrogens with two attached hydrogens (primary N) is 2. The van der Waals surface area contributed by atoms with Crippen molar-refractivity contribution in [3.8, 4) is 0 Å². The third-order valence-electron chi connectivity index (χ3n) is 3.06. The van der Waals surface area contributed by atoms with Gasteiger partial charge < -0.3 is 5.73 Å². The molecule has 2 rings (SSSR count). The number of hydrazine groups is 1. The Hall–Kier alpha value is -1.69. The van der Waals surface area contributed by atoms with E-state index < -0.39 is 17.7 Å². The molecular formula is C14H14ClF2N3. The van der Waals surface area contributed by atoms with E-state index in [2.05, 4.69) is 5.43 Å². The van der Waals surface area contributed by atoms with E-state index in [1.807, 2.05) is 0 Å². The number of hydrogen-bond acceptors (Lipinski definition) is 3. The van der Waals surface area contributed by atoms with Gasteiger partial charge in [0, 0.05) is 10.7 Å². The van der Waals surface area contributed by atoms with Crippen LogP contribution in [-0.4, -0.2) is 0 Å². The van der Waals surface area contributed by atoms with Crippen LogP contribution >= 0.6 is 11.6 Å². The number of nitrogen functional groups attached to an aromatic ring is 1. The first-order valence-corrected chi connectivity index (χ1v) is 6.34. The lowest BCUT2D eigenvalue weighted by molar-refractivity contribution is 0.543. The van der Waals surface area contributed by atoms with E-state index in [0.717, 1.165) is 0 Å². The SMILES string of the molecule is NNC(Cc1cc(F)ccc1Cl)c1cc(F)ccc1N. The first kappa shape index (κ1) is 14.7. The zero-order valence-electron chi connectivity index (χ0n) is 10.5.